The summed E-state index contributed by atoms with van der Waals surface area (Å²) in [4.78, 5) is 2.11. The molecule has 0 radical (unpaired) electrons. The van der Waals surface area contributed by atoms with E-state index in [1.54, 1.807) is 12.1 Å². The van der Waals surface area contributed by atoms with Crippen LogP contribution in [-0.2, 0) is 6.42 Å². The maximum atomic E-state index is 9.80. The number of allylic oxidation sites excluding steroid dienone is 1. The third-order valence-electron chi connectivity index (χ3n) is 5.47. The lowest BCUT2D eigenvalue weighted by atomic mass is 9.88. The molecule has 0 bridgehead atoms. The molecular formula is C28H33NO2. The second-order valence-electron chi connectivity index (χ2n) is 7.98. The maximum Gasteiger partial charge on any atom is 0.119 e. The SMILES string of the molecule is CC/C(=C(\c1ccc(O)cc1)c1ccc(OCCN(C)C)cc1)c1ccc(CC)cc1. The molecule has 31 heavy (non-hydrogen) atoms. The van der Waals surface area contributed by atoms with Crippen LogP contribution < -0.4 is 4.74 Å². The van der Waals surface area contributed by atoms with Gasteiger partial charge in [-0.1, -0.05) is 62.4 Å². The predicted octanol–water partition coefficient (Wildman–Crippen LogP) is 6.26. The third-order valence-corrected chi connectivity index (χ3v) is 5.47. The zero-order valence-electron chi connectivity index (χ0n) is 19.1. The molecule has 3 nitrogen and oxygen atoms in total. The quantitative estimate of drug-likeness (QED) is 0.418. The Balaban J connectivity index is 2.03. The van der Waals surface area contributed by atoms with E-state index in [4.69, 9.17) is 4.74 Å². The molecule has 0 saturated carbocycles. The van der Waals surface area contributed by atoms with Crippen LogP contribution in [0.25, 0.3) is 11.1 Å². The number of ether oxygens (including phenoxy) is 1. The Morgan fingerprint density at radius 1 is 0.774 bits per heavy atom. The molecule has 3 heteroatoms. The first-order valence-corrected chi connectivity index (χ1v) is 11.0. The first kappa shape index (κ1) is 22.6. The highest BCUT2D eigenvalue weighted by atomic mass is 16.5. The van der Waals surface area contributed by atoms with Crippen molar-refractivity contribution < 1.29 is 9.84 Å². The molecule has 0 atom stereocenters. The second kappa shape index (κ2) is 10.8. The second-order valence-corrected chi connectivity index (χ2v) is 7.98. The van der Waals surface area contributed by atoms with Gasteiger partial charge in [0, 0.05) is 6.54 Å². The zero-order valence-corrected chi connectivity index (χ0v) is 19.1. The Morgan fingerprint density at radius 2 is 1.32 bits per heavy atom. The molecule has 0 heterocycles. The maximum absolute atomic E-state index is 9.80. The number of likely N-dealkylation sites (N-methyl/N-ethyl adjacent to an activating group) is 1. The van der Waals surface area contributed by atoms with Crippen molar-refractivity contribution >= 4 is 11.1 Å². The Kier molecular flexibility index (Phi) is 7.91. The average molecular weight is 416 g/mol. The van der Waals surface area contributed by atoms with Crippen LogP contribution in [0, 0.1) is 0 Å². The van der Waals surface area contributed by atoms with Crippen molar-refractivity contribution in [2.75, 3.05) is 27.2 Å². The van der Waals surface area contributed by atoms with Crippen molar-refractivity contribution in [3.05, 3.63) is 95.1 Å². The molecule has 3 aromatic rings. The molecule has 1 N–H and O–H groups in total. The highest BCUT2D eigenvalue weighted by molar-refractivity contribution is 5.98. The average Bonchev–Trinajstić information content (AvgIpc) is 2.79. The summed E-state index contributed by atoms with van der Waals surface area (Å²) in [6, 6.07) is 24.7. The minimum Gasteiger partial charge on any atom is -0.508 e. The number of benzene rings is 3. The van der Waals surface area contributed by atoms with Gasteiger partial charge in [-0.05, 0) is 84.6 Å². The van der Waals surface area contributed by atoms with Crippen molar-refractivity contribution in [3.8, 4) is 11.5 Å². The summed E-state index contributed by atoms with van der Waals surface area (Å²) >= 11 is 0. The number of phenolic OH excluding ortho intramolecular Hbond substituents is 1. The van der Waals surface area contributed by atoms with Crippen LogP contribution in [0.2, 0.25) is 0 Å². The van der Waals surface area contributed by atoms with Gasteiger partial charge in [0.15, 0.2) is 0 Å². The van der Waals surface area contributed by atoms with E-state index in [9.17, 15) is 5.11 Å². The molecule has 0 spiro atoms. The molecular weight excluding hydrogens is 382 g/mol. The Hall–Kier alpha value is -3.04. The topological polar surface area (TPSA) is 32.7 Å². The summed E-state index contributed by atoms with van der Waals surface area (Å²) in [5, 5.41) is 9.80. The van der Waals surface area contributed by atoms with Gasteiger partial charge in [-0.25, -0.2) is 0 Å². The van der Waals surface area contributed by atoms with Gasteiger partial charge in [-0.2, -0.15) is 0 Å². The van der Waals surface area contributed by atoms with Gasteiger partial charge in [-0.3, -0.25) is 0 Å². The minimum atomic E-state index is 0.276. The van der Waals surface area contributed by atoms with Gasteiger partial charge in [0.2, 0.25) is 0 Å². The van der Waals surface area contributed by atoms with E-state index in [1.807, 2.05) is 38.4 Å². The molecule has 0 amide bonds. The number of rotatable bonds is 9. The van der Waals surface area contributed by atoms with Crippen molar-refractivity contribution in [2.24, 2.45) is 0 Å². The Bertz CT molecular complexity index is 985. The molecule has 0 aliphatic carbocycles. The first-order valence-electron chi connectivity index (χ1n) is 11.0. The number of hydrogen-bond acceptors (Lipinski definition) is 3. The van der Waals surface area contributed by atoms with Crippen molar-refractivity contribution in [1.82, 2.24) is 4.90 Å². The summed E-state index contributed by atoms with van der Waals surface area (Å²) in [5.41, 5.74) is 7.28. The number of aromatic hydroxyl groups is 1. The summed E-state index contributed by atoms with van der Waals surface area (Å²) < 4.78 is 5.88. The summed E-state index contributed by atoms with van der Waals surface area (Å²) in [6.45, 7) is 5.92. The predicted molar refractivity (Wildman–Crippen MR) is 131 cm³/mol. The van der Waals surface area contributed by atoms with Gasteiger partial charge in [0.1, 0.15) is 18.1 Å². The van der Waals surface area contributed by atoms with Crippen LogP contribution in [0.5, 0.6) is 11.5 Å². The molecule has 0 aliphatic rings. The fourth-order valence-electron chi connectivity index (χ4n) is 3.67. The van der Waals surface area contributed by atoms with Crippen LogP contribution in [0.1, 0.15) is 42.5 Å². The molecule has 0 unspecified atom stereocenters. The van der Waals surface area contributed by atoms with Crippen LogP contribution in [0.4, 0.5) is 0 Å². The van der Waals surface area contributed by atoms with Crippen molar-refractivity contribution in [2.45, 2.75) is 26.7 Å². The van der Waals surface area contributed by atoms with Gasteiger partial charge in [-0.15, -0.1) is 0 Å². The number of phenols is 1. The van der Waals surface area contributed by atoms with Gasteiger partial charge >= 0.3 is 0 Å². The van der Waals surface area contributed by atoms with E-state index in [1.165, 1.54) is 22.3 Å². The molecule has 0 aliphatic heterocycles. The Labute approximate surface area is 186 Å². The summed E-state index contributed by atoms with van der Waals surface area (Å²) in [5.74, 6) is 1.15. The van der Waals surface area contributed by atoms with E-state index in [-0.39, 0.29) is 5.75 Å². The lowest BCUT2D eigenvalue weighted by Gasteiger charge is -2.17. The minimum absolute atomic E-state index is 0.276. The molecule has 0 fully saturated rings. The third kappa shape index (κ3) is 5.99. The number of hydrogen-bond donors (Lipinski definition) is 1. The highest BCUT2D eigenvalue weighted by Crippen LogP contribution is 2.35. The van der Waals surface area contributed by atoms with E-state index in [2.05, 4.69) is 55.1 Å². The summed E-state index contributed by atoms with van der Waals surface area (Å²) in [7, 11) is 4.08. The summed E-state index contributed by atoms with van der Waals surface area (Å²) in [6.07, 6.45) is 1.94. The van der Waals surface area contributed by atoms with Gasteiger partial charge in [0.25, 0.3) is 0 Å². The normalized spacial score (nSPS) is 12.0. The highest BCUT2D eigenvalue weighted by Gasteiger charge is 2.13. The van der Waals surface area contributed by atoms with E-state index >= 15 is 0 Å². The molecule has 0 saturated heterocycles. The fourth-order valence-corrected chi connectivity index (χ4v) is 3.67. The van der Waals surface area contributed by atoms with Crippen molar-refractivity contribution in [1.29, 1.82) is 0 Å². The number of aryl methyl sites for hydroxylation is 1. The number of nitrogens with zero attached hydrogens (tertiary/aromatic N) is 1. The molecule has 162 valence electrons. The van der Waals surface area contributed by atoms with E-state index in [0.717, 1.165) is 36.3 Å². The van der Waals surface area contributed by atoms with Crippen LogP contribution >= 0.6 is 0 Å². The van der Waals surface area contributed by atoms with Gasteiger partial charge in [0.05, 0.1) is 0 Å². The smallest absolute Gasteiger partial charge is 0.119 e. The monoisotopic (exact) mass is 415 g/mol. The largest absolute Gasteiger partial charge is 0.508 e. The lowest BCUT2D eigenvalue weighted by molar-refractivity contribution is 0.261. The molecule has 3 aromatic carbocycles. The van der Waals surface area contributed by atoms with E-state index < -0.39 is 0 Å². The molecule has 3 rings (SSSR count). The fraction of sp³-hybridized carbons (Fsp3) is 0.286. The van der Waals surface area contributed by atoms with Gasteiger partial charge < -0.3 is 14.7 Å². The first-order chi connectivity index (χ1) is 15.0. The van der Waals surface area contributed by atoms with Crippen LogP contribution in [0.15, 0.2) is 72.8 Å². The lowest BCUT2D eigenvalue weighted by Crippen LogP contribution is -2.19. The van der Waals surface area contributed by atoms with Crippen LogP contribution in [0.3, 0.4) is 0 Å². The van der Waals surface area contributed by atoms with Crippen molar-refractivity contribution in [3.63, 3.8) is 0 Å². The molecule has 0 aromatic heterocycles. The Morgan fingerprint density at radius 3 is 1.84 bits per heavy atom. The zero-order chi connectivity index (χ0) is 22.2. The van der Waals surface area contributed by atoms with E-state index in [0.29, 0.717) is 6.61 Å². The standard InChI is InChI=1S/C28H33NO2/c1-5-21-7-9-22(10-8-21)27(6-2)28(23-11-15-25(30)16-12-23)24-13-17-26(18-14-24)31-20-19-29(3)4/h7-18,30H,5-6,19-20H2,1-4H3/b28-27-. The van der Waals surface area contributed by atoms with Crippen LogP contribution in [-0.4, -0.2) is 37.3 Å².